The van der Waals surface area contributed by atoms with Gasteiger partial charge < -0.3 is 9.64 Å². The Morgan fingerprint density at radius 3 is 2.41 bits per heavy atom. The summed E-state index contributed by atoms with van der Waals surface area (Å²) in [5.74, 6) is 0.542. The van der Waals surface area contributed by atoms with Crippen LogP contribution in [0.25, 0.3) is 0 Å². The van der Waals surface area contributed by atoms with Gasteiger partial charge in [-0.1, -0.05) is 12.1 Å². The highest BCUT2D eigenvalue weighted by Crippen LogP contribution is 2.25. The zero-order valence-corrected chi connectivity index (χ0v) is 12.2. The molecule has 0 saturated carbocycles. The van der Waals surface area contributed by atoms with Gasteiger partial charge in [-0.15, -0.1) is 0 Å². The third-order valence-corrected chi connectivity index (χ3v) is 3.04. The lowest BCUT2D eigenvalue weighted by Gasteiger charge is -2.33. The average Bonchev–Trinajstić information content (AvgIpc) is 2.20. The van der Waals surface area contributed by atoms with Gasteiger partial charge in [-0.3, -0.25) is 0 Å². The van der Waals surface area contributed by atoms with Crippen LogP contribution in [0.4, 0.5) is 4.79 Å². The molecule has 1 aromatic rings. The first kappa shape index (κ1) is 14.0. The van der Waals surface area contributed by atoms with Crippen LogP contribution >= 0.6 is 15.9 Å². The van der Waals surface area contributed by atoms with Gasteiger partial charge in [0.1, 0.15) is 5.75 Å². The number of ether oxygens (including phenoxy) is 1. The van der Waals surface area contributed by atoms with E-state index in [9.17, 15) is 4.79 Å². The quantitative estimate of drug-likeness (QED) is 0.824. The summed E-state index contributed by atoms with van der Waals surface area (Å²) >= 11 is 3.35. The molecule has 1 rings (SSSR count). The molecule has 0 N–H and O–H groups in total. The zero-order valence-electron chi connectivity index (χ0n) is 10.7. The summed E-state index contributed by atoms with van der Waals surface area (Å²) in [6.45, 7) is 8.51. The first-order chi connectivity index (χ1) is 7.86. The number of para-hydroxylation sites is 1. The molecule has 0 aliphatic heterocycles. The summed E-state index contributed by atoms with van der Waals surface area (Å²) in [5.41, 5.74) is -0.243. The molecule has 1 amide bonds. The topological polar surface area (TPSA) is 29.5 Å². The van der Waals surface area contributed by atoms with Crippen molar-refractivity contribution in [3.8, 4) is 5.75 Å². The monoisotopic (exact) mass is 299 g/mol. The Balaban J connectivity index is 2.82. The maximum absolute atomic E-state index is 12.0. The van der Waals surface area contributed by atoms with Crippen molar-refractivity contribution in [1.82, 2.24) is 4.90 Å². The lowest BCUT2D eigenvalue weighted by atomic mass is 10.1. The van der Waals surface area contributed by atoms with E-state index >= 15 is 0 Å². The number of rotatable bonds is 2. The van der Waals surface area contributed by atoms with E-state index in [4.69, 9.17) is 4.74 Å². The minimum absolute atomic E-state index is 0.243. The molecule has 0 aliphatic carbocycles. The smallest absolute Gasteiger partial charge is 0.409 e. The normalized spacial score (nSPS) is 11.1. The van der Waals surface area contributed by atoms with Crippen molar-refractivity contribution in [1.29, 1.82) is 0 Å². The molecule has 4 heteroatoms. The standard InChI is InChI=1S/C13H18BrNO2/c1-5-15(13(2,3)4)12(16)17-11-9-7-6-8-10(11)14/h6-9H,5H2,1-4H3. The summed E-state index contributed by atoms with van der Waals surface area (Å²) in [6.07, 6.45) is -0.327. The number of hydrogen-bond donors (Lipinski definition) is 0. The Kier molecular flexibility index (Phi) is 4.57. The predicted octanol–water partition coefficient (Wildman–Crippen LogP) is 4.07. The Morgan fingerprint density at radius 2 is 1.94 bits per heavy atom. The van der Waals surface area contributed by atoms with Crippen LogP contribution in [0.15, 0.2) is 28.7 Å². The maximum Gasteiger partial charge on any atom is 0.415 e. The largest absolute Gasteiger partial charge is 0.415 e. The number of halogens is 1. The van der Waals surface area contributed by atoms with Crippen molar-refractivity contribution in [2.45, 2.75) is 33.2 Å². The van der Waals surface area contributed by atoms with Crippen LogP contribution in [0.2, 0.25) is 0 Å². The van der Waals surface area contributed by atoms with E-state index in [2.05, 4.69) is 15.9 Å². The van der Waals surface area contributed by atoms with Gasteiger partial charge >= 0.3 is 6.09 Å². The Morgan fingerprint density at radius 1 is 1.35 bits per heavy atom. The van der Waals surface area contributed by atoms with Crippen LogP contribution in [-0.2, 0) is 0 Å². The highest BCUT2D eigenvalue weighted by molar-refractivity contribution is 9.10. The third-order valence-electron chi connectivity index (χ3n) is 2.38. The molecule has 0 heterocycles. The highest BCUT2D eigenvalue weighted by atomic mass is 79.9. The van der Waals surface area contributed by atoms with Crippen LogP contribution in [-0.4, -0.2) is 23.1 Å². The van der Waals surface area contributed by atoms with Crippen molar-refractivity contribution in [2.24, 2.45) is 0 Å². The number of amides is 1. The van der Waals surface area contributed by atoms with E-state index < -0.39 is 0 Å². The molecule has 0 bridgehead atoms. The predicted molar refractivity (Wildman–Crippen MR) is 72.3 cm³/mol. The Hall–Kier alpha value is -1.03. The van der Waals surface area contributed by atoms with Gasteiger partial charge in [0.2, 0.25) is 0 Å². The van der Waals surface area contributed by atoms with Crippen LogP contribution < -0.4 is 4.74 Å². The number of carbonyl (C=O) groups excluding carboxylic acids is 1. The van der Waals surface area contributed by atoms with Crippen molar-refractivity contribution >= 4 is 22.0 Å². The molecule has 94 valence electrons. The first-order valence-corrected chi connectivity index (χ1v) is 6.39. The molecule has 1 aromatic carbocycles. The summed E-state index contributed by atoms with van der Waals surface area (Å²) in [6, 6.07) is 7.32. The summed E-state index contributed by atoms with van der Waals surface area (Å²) < 4.78 is 6.14. The lowest BCUT2D eigenvalue weighted by Crippen LogP contribution is -2.46. The lowest BCUT2D eigenvalue weighted by molar-refractivity contribution is 0.110. The minimum atomic E-state index is -0.327. The third kappa shape index (κ3) is 3.73. The van der Waals surface area contributed by atoms with Crippen LogP contribution in [0.5, 0.6) is 5.75 Å². The second kappa shape index (κ2) is 5.54. The van der Waals surface area contributed by atoms with Gasteiger partial charge in [-0.05, 0) is 55.8 Å². The van der Waals surface area contributed by atoms with E-state index in [1.807, 2.05) is 45.9 Å². The van der Waals surface area contributed by atoms with E-state index in [1.54, 1.807) is 11.0 Å². The van der Waals surface area contributed by atoms with E-state index in [0.29, 0.717) is 12.3 Å². The molecule has 0 fully saturated rings. The zero-order chi connectivity index (χ0) is 13.1. The molecule has 0 radical (unpaired) electrons. The second-order valence-electron chi connectivity index (χ2n) is 4.71. The number of nitrogens with zero attached hydrogens (tertiary/aromatic N) is 1. The Labute approximate surface area is 111 Å². The van der Waals surface area contributed by atoms with E-state index in [1.165, 1.54) is 0 Å². The van der Waals surface area contributed by atoms with Gasteiger partial charge in [0.15, 0.2) is 0 Å². The van der Waals surface area contributed by atoms with Crippen molar-refractivity contribution in [3.63, 3.8) is 0 Å². The van der Waals surface area contributed by atoms with Gasteiger partial charge in [0.25, 0.3) is 0 Å². The van der Waals surface area contributed by atoms with Crippen molar-refractivity contribution in [3.05, 3.63) is 28.7 Å². The number of benzene rings is 1. The average molecular weight is 300 g/mol. The van der Waals surface area contributed by atoms with E-state index in [-0.39, 0.29) is 11.6 Å². The fourth-order valence-electron chi connectivity index (χ4n) is 1.55. The van der Waals surface area contributed by atoms with Crippen LogP contribution in [0, 0.1) is 0 Å². The molecular formula is C13H18BrNO2. The van der Waals surface area contributed by atoms with Gasteiger partial charge in [-0.2, -0.15) is 0 Å². The summed E-state index contributed by atoms with van der Waals surface area (Å²) in [7, 11) is 0. The summed E-state index contributed by atoms with van der Waals surface area (Å²) in [4.78, 5) is 13.7. The SMILES string of the molecule is CCN(C(=O)Oc1ccccc1Br)C(C)(C)C. The molecule has 0 saturated heterocycles. The number of carbonyl (C=O) groups is 1. The van der Waals surface area contributed by atoms with Gasteiger partial charge in [0.05, 0.1) is 4.47 Å². The van der Waals surface area contributed by atoms with Gasteiger partial charge in [0, 0.05) is 12.1 Å². The molecular weight excluding hydrogens is 282 g/mol. The van der Waals surface area contributed by atoms with Crippen LogP contribution in [0.3, 0.4) is 0 Å². The van der Waals surface area contributed by atoms with Crippen LogP contribution in [0.1, 0.15) is 27.7 Å². The molecule has 3 nitrogen and oxygen atoms in total. The molecule has 0 atom stereocenters. The molecule has 0 spiro atoms. The number of hydrogen-bond acceptors (Lipinski definition) is 2. The van der Waals surface area contributed by atoms with Crippen molar-refractivity contribution < 1.29 is 9.53 Å². The van der Waals surface area contributed by atoms with Gasteiger partial charge in [-0.25, -0.2) is 4.79 Å². The fourth-order valence-corrected chi connectivity index (χ4v) is 1.92. The minimum Gasteiger partial charge on any atom is -0.409 e. The molecule has 17 heavy (non-hydrogen) atoms. The highest BCUT2D eigenvalue weighted by Gasteiger charge is 2.26. The molecule has 0 aliphatic rings. The van der Waals surface area contributed by atoms with E-state index in [0.717, 1.165) is 4.47 Å². The second-order valence-corrected chi connectivity index (χ2v) is 5.57. The Bertz CT molecular complexity index is 399. The maximum atomic E-state index is 12.0. The molecule has 0 aromatic heterocycles. The van der Waals surface area contributed by atoms with Crippen molar-refractivity contribution in [2.75, 3.05) is 6.54 Å². The molecule has 0 unspecified atom stereocenters. The first-order valence-electron chi connectivity index (χ1n) is 5.60. The summed E-state index contributed by atoms with van der Waals surface area (Å²) in [5, 5.41) is 0. The fraction of sp³-hybridized carbons (Fsp3) is 0.462.